The maximum absolute atomic E-state index is 10.8. The van der Waals surface area contributed by atoms with Crippen molar-refractivity contribution in [2.24, 2.45) is 5.10 Å². The lowest BCUT2D eigenvalue weighted by Crippen LogP contribution is -2.34. The van der Waals surface area contributed by atoms with E-state index in [0.717, 1.165) is 57.4 Å². The summed E-state index contributed by atoms with van der Waals surface area (Å²) in [5, 5.41) is 15.1. The minimum atomic E-state index is -0.426. The van der Waals surface area contributed by atoms with Gasteiger partial charge in [-0.1, -0.05) is 0 Å². The first kappa shape index (κ1) is 22.8. The highest BCUT2D eigenvalue weighted by Gasteiger charge is 2.20. The third-order valence-electron chi connectivity index (χ3n) is 6.24. The van der Waals surface area contributed by atoms with Crippen molar-refractivity contribution in [3.05, 3.63) is 52.3 Å². The summed E-state index contributed by atoms with van der Waals surface area (Å²) >= 11 is 0. The average Bonchev–Trinajstić information content (AvgIpc) is 3.38. The lowest BCUT2D eigenvalue weighted by molar-refractivity contribution is -0.384. The Bertz CT molecular complexity index is 1150. The number of hydrazone groups is 1. The van der Waals surface area contributed by atoms with E-state index in [1.807, 2.05) is 0 Å². The number of nitrogens with one attached hydrogen (secondary N) is 1. The summed E-state index contributed by atoms with van der Waals surface area (Å²) in [7, 11) is 0. The van der Waals surface area contributed by atoms with E-state index in [1.54, 1.807) is 30.5 Å². The van der Waals surface area contributed by atoms with Crippen LogP contribution in [0, 0.1) is 10.1 Å². The van der Waals surface area contributed by atoms with E-state index in [0.29, 0.717) is 29.4 Å². The standard InChI is InChI=1S/C24H28N8O3/c33-32(34)19-9-7-18(8-10-19)21-12-11-20(35-21)17-25-29-22-26-23(30-13-3-1-4-14-30)28-24(27-22)31-15-5-2-6-16-31/h7-12,17H,1-6,13-16H2,(H,26,27,28,29)/b25-17+. The highest BCUT2D eigenvalue weighted by molar-refractivity contribution is 5.78. The number of benzene rings is 1. The number of hydrogen-bond donors (Lipinski definition) is 1. The van der Waals surface area contributed by atoms with Gasteiger partial charge in [0.1, 0.15) is 11.5 Å². The van der Waals surface area contributed by atoms with E-state index < -0.39 is 4.92 Å². The molecule has 1 aromatic carbocycles. The van der Waals surface area contributed by atoms with Crippen LogP contribution >= 0.6 is 0 Å². The first-order valence-corrected chi connectivity index (χ1v) is 12.1. The van der Waals surface area contributed by atoms with Gasteiger partial charge >= 0.3 is 0 Å². The van der Waals surface area contributed by atoms with Crippen LogP contribution in [0.15, 0.2) is 45.9 Å². The number of nitrogens with zero attached hydrogens (tertiary/aromatic N) is 7. The lowest BCUT2D eigenvalue weighted by Gasteiger charge is -2.30. The summed E-state index contributed by atoms with van der Waals surface area (Å²) in [6, 6.07) is 9.81. The van der Waals surface area contributed by atoms with Crippen LogP contribution in [0.25, 0.3) is 11.3 Å². The molecule has 2 saturated heterocycles. The Morgan fingerprint density at radius 2 is 1.46 bits per heavy atom. The van der Waals surface area contributed by atoms with E-state index in [9.17, 15) is 10.1 Å². The number of rotatable bonds is 7. The molecule has 3 aromatic rings. The number of nitro benzene ring substituents is 1. The van der Waals surface area contributed by atoms with E-state index >= 15 is 0 Å². The van der Waals surface area contributed by atoms with Crippen molar-refractivity contribution < 1.29 is 9.34 Å². The molecule has 2 aliphatic rings. The minimum Gasteiger partial charge on any atom is -0.455 e. The van der Waals surface area contributed by atoms with Crippen molar-refractivity contribution in [3.63, 3.8) is 0 Å². The highest BCUT2D eigenvalue weighted by atomic mass is 16.6. The molecule has 0 unspecified atom stereocenters. The molecule has 2 aliphatic heterocycles. The first-order valence-electron chi connectivity index (χ1n) is 12.1. The van der Waals surface area contributed by atoms with Gasteiger partial charge in [-0.2, -0.15) is 20.1 Å². The zero-order valence-electron chi connectivity index (χ0n) is 19.5. The number of furan rings is 1. The molecule has 0 aliphatic carbocycles. The molecule has 4 heterocycles. The van der Waals surface area contributed by atoms with Crippen LogP contribution < -0.4 is 15.2 Å². The van der Waals surface area contributed by atoms with E-state index in [1.165, 1.54) is 25.0 Å². The van der Waals surface area contributed by atoms with Gasteiger partial charge < -0.3 is 14.2 Å². The molecule has 0 spiro atoms. The van der Waals surface area contributed by atoms with Crippen molar-refractivity contribution >= 4 is 29.7 Å². The van der Waals surface area contributed by atoms with Crippen LogP contribution in [-0.4, -0.2) is 52.3 Å². The second kappa shape index (κ2) is 10.5. The summed E-state index contributed by atoms with van der Waals surface area (Å²) in [6.45, 7) is 3.79. The van der Waals surface area contributed by atoms with E-state index in [2.05, 4.69) is 30.3 Å². The molecular weight excluding hydrogens is 448 g/mol. The topological polar surface area (TPSA) is 126 Å². The Morgan fingerprint density at radius 3 is 2.03 bits per heavy atom. The summed E-state index contributed by atoms with van der Waals surface area (Å²) in [6.07, 6.45) is 8.59. The summed E-state index contributed by atoms with van der Waals surface area (Å²) < 4.78 is 5.82. The maximum Gasteiger partial charge on any atom is 0.269 e. The Kier molecular flexibility index (Phi) is 6.82. The molecular formula is C24H28N8O3. The second-order valence-electron chi connectivity index (χ2n) is 8.73. The third-order valence-corrected chi connectivity index (χ3v) is 6.24. The van der Waals surface area contributed by atoms with Gasteiger partial charge in [-0.25, -0.2) is 5.43 Å². The van der Waals surface area contributed by atoms with Crippen molar-refractivity contribution in [1.29, 1.82) is 0 Å². The van der Waals surface area contributed by atoms with Crippen LogP contribution in [0.5, 0.6) is 0 Å². The van der Waals surface area contributed by atoms with Gasteiger partial charge in [0.05, 0.1) is 11.1 Å². The van der Waals surface area contributed by atoms with Crippen LogP contribution in [0.4, 0.5) is 23.5 Å². The molecule has 2 aromatic heterocycles. The number of nitro groups is 1. The fourth-order valence-corrected chi connectivity index (χ4v) is 4.35. The number of piperidine rings is 2. The quantitative estimate of drug-likeness (QED) is 0.299. The molecule has 0 bridgehead atoms. The van der Waals surface area contributed by atoms with Gasteiger partial charge in [0.15, 0.2) is 0 Å². The van der Waals surface area contributed by atoms with Gasteiger partial charge in [-0.05, 0) is 62.8 Å². The normalized spacial score (nSPS) is 16.6. The smallest absolute Gasteiger partial charge is 0.269 e. The maximum atomic E-state index is 10.8. The largest absolute Gasteiger partial charge is 0.455 e. The average molecular weight is 477 g/mol. The SMILES string of the molecule is O=[N+]([O-])c1ccc(-c2ccc(/C=N/Nc3nc(N4CCCCC4)nc(N4CCCCC4)n3)o2)cc1. The lowest BCUT2D eigenvalue weighted by atomic mass is 10.1. The molecule has 0 amide bonds. The van der Waals surface area contributed by atoms with Gasteiger partial charge in [0, 0.05) is 43.9 Å². The first-order chi connectivity index (χ1) is 17.2. The Balaban J connectivity index is 1.31. The number of non-ortho nitro benzene ring substituents is 1. The molecule has 11 nitrogen and oxygen atoms in total. The van der Waals surface area contributed by atoms with Crippen molar-refractivity contribution in [3.8, 4) is 11.3 Å². The van der Waals surface area contributed by atoms with E-state index in [4.69, 9.17) is 9.40 Å². The number of hydrogen-bond acceptors (Lipinski definition) is 10. The predicted octanol–water partition coefficient (Wildman–Crippen LogP) is 4.47. The molecule has 0 radical (unpaired) electrons. The van der Waals surface area contributed by atoms with Crippen LogP contribution in [0.2, 0.25) is 0 Å². The number of aromatic nitrogens is 3. The van der Waals surface area contributed by atoms with Crippen LogP contribution in [0.3, 0.4) is 0 Å². The summed E-state index contributed by atoms with van der Waals surface area (Å²) in [5.41, 5.74) is 3.73. The van der Waals surface area contributed by atoms with Crippen molar-refractivity contribution in [1.82, 2.24) is 15.0 Å². The Labute approximate surface area is 203 Å². The van der Waals surface area contributed by atoms with Crippen molar-refractivity contribution in [2.45, 2.75) is 38.5 Å². The third kappa shape index (κ3) is 5.56. The fraction of sp³-hybridized carbons (Fsp3) is 0.417. The monoisotopic (exact) mass is 476 g/mol. The minimum absolute atomic E-state index is 0.0384. The number of anilines is 3. The molecule has 5 rings (SSSR count). The van der Waals surface area contributed by atoms with Gasteiger partial charge in [0.2, 0.25) is 17.8 Å². The molecule has 35 heavy (non-hydrogen) atoms. The molecule has 11 heteroatoms. The van der Waals surface area contributed by atoms with Gasteiger partial charge in [0.25, 0.3) is 5.69 Å². The zero-order valence-corrected chi connectivity index (χ0v) is 19.5. The molecule has 0 saturated carbocycles. The van der Waals surface area contributed by atoms with E-state index in [-0.39, 0.29) is 5.69 Å². The Hall–Kier alpha value is -4.02. The molecule has 2 fully saturated rings. The van der Waals surface area contributed by atoms with Gasteiger partial charge in [-0.15, -0.1) is 0 Å². The molecule has 0 atom stereocenters. The highest BCUT2D eigenvalue weighted by Crippen LogP contribution is 2.25. The van der Waals surface area contributed by atoms with Crippen LogP contribution in [0.1, 0.15) is 44.3 Å². The second-order valence-corrected chi connectivity index (χ2v) is 8.73. The Morgan fingerprint density at radius 1 is 0.857 bits per heavy atom. The molecule has 182 valence electrons. The van der Waals surface area contributed by atoms with Crippen LogP contribution in [-0.2, 0) is 0 Å². The van der Waals surface area contributed by atoms with Crippen molar-refractivity contribution in [2.75, 3.05) is 41.4 Å². The van der Waals surface area contributed by atoms with Gasteiger partial charge in [-0.3, -0.25) is 10.1 Å². The predicted molar refractivity (Wildman–Crippen MR) is 134 cm³/mol. The summed E-state index contributed by atoms with van der Waals surface area (Å²) in [5.74, 6) is 2.92. The molecule has 1 N–H and O–H groups in total. The fourth-order valence-electron chi connectivity index (χ4n) is 4.35. The summed E-state index contributed by atoms with van der Waals surface area (Å²) in [4.78, 5) is 28.9. The zero-order chi connectivity index (χ0) is 24.0.